The van der Waals surface area contributed by atoms with Crippen LogP contribution in [0.3, 0.4) is 0 Å². The second-order valence-corrected chi connectivity index (χ2v) is 6.36. The van der Waals surface area contributed by atoms with E-state index in [1.54, 1.807) is 12.1 Å². The minimum atomic E-state index is -0.846. The highest BCUT2D eigenvalue weighted by Gasteiger charge is 2.15. The average molecular weight is 331 g/mol. The number of aliphatic hydroxyl groups is 1. The summed E-state index contributed by atoms with van der Waals surface area (Å²) in [5.74, 6) is -0.000195. The van der Waals surface area contributed by atoms with Gasteiger partial charge in [-0.25, -0.2) is 4.39 Å². The van der Waals surface area contributed by atoms with E-state index < -0.39 is 11.9 Å². The Morgan fingerprint density at radius 1 is 1.39 bits per heavy atom. The maximum absolute atomic E-state index is 13.7. The second kappa shape index (κ2) is 5.82. The first kappa shape index (κ1) is 13.5. The van der Waals surface area contributed by atoms with Gasteiger partial charge in [0.2, 0.25) is 0 Å². The Balaban J connectivity index is 2.15. The first-order valence-electron chi connectivity index (χ1n) is 5.36. The molecule has 0 saturated heterocycles. The van der Waals surface area contributed by atoms with Crippen molar-refractivity contribution < 1.29 is 14.2 Å². The molecule has 18 heavy (non-hydrogen) atoms. The molecule has 1 aromatic carbocycles. The molecule has 2 rings (SSSR count). The van der Waals surface area contributed by atoms with Gasteiger partial charge in [0.25, 0.3) is 0 Å². The van der Waals surface area contributed by atoms with Crippen molar-refractivity contribution in [2.24, 2.45) is 0 Å². The van der Waals surface area contributed by atoms with E-state index in [0.717, 1.165) is 8.66 Å². The average Bonchev–Trinajstić information content (AvgIpc) is 2.74. The molecule has 1 atom stereocenters. The Kier molecular flexibility index (Phi) is 4.37. The summed E-state index contributed by atoms with van der Waals surface area (Å²) in [6.07, 6.45) is -0.444. The van der Waals surface area contributed by atoms with Gasteiger partial charge < -0.3 is 9.84 Å². The predicted octanol–water partition coefficient (Wildman–Crippen LogP) is 3.93. The van der Waals surface area contributed by atoms with Crippen LogP contribution in [0.15, 0.2) is 34.1 Å². The molecule has 1 heterocycles. The maximum atomic E-state index is 13.7. The van der Waals surface area contributed by atoms with Gasteiger partial charge in [0.05, 0.1) is 17.0 Å². The molecule has 0 spiro atoms. The van der Waals surface area contributed by atoms with Crippen molar-refractivity contribution in [1.29, 1.82) is 0 Å². The number of benzene rings is 1. The molecule has 0 aliphatic carbocycles. The molecule has 1 aromatic heterocycles. The Labute approximate surface area is 117 Å². The topological polar surface area (TPSA) is 29.5 Å². The second-order valence-electron chi connectivity index (χ2n) is 3.81. The summed E-state index contributed by atoms with van der Waals surface area (Å²) in [6, 6.07) is 8.31. The Bertz CT molecular complexity index is 542. The largest absolute Gasteiger partial charge is 0.497 e. The van der Waals surface area contributed by atoms with Crippen LogP contribution in [0.2, 0.25) is 0 Å². The third-order valence-electron chi connectivity index (χ3n) is 2.59. The Hall–Kier alpha value is -0.910. The van der Waals surface area contributed by atoms with E-state index in [1.807, 2.05) is 12.1 Å². The number of hydrogen-bond donors (Lipinski definition) is 1. The van der Waals surface area contributed by atoms with E-state index in [2.05, 4.69) is 15.9 Å². The lowest BCUT2D eigenvalue weighted by Crippen LogP contribution is -2.03. The number of aliphatic hydroxyl groups excluding tert-OH is 1. The standard InChI is InChI=1S/C13H12BrFO2S/c1-17-8-2-4-10(11(15)6-8)12(16)7-9-3-5-13(14)18-9/h2-6,12,16H,7H2,1H3. The lowest BCUT2D eigenvalue weighted by molar-refractivity contribution is 0.174. The van der Waals surface area contributed by atoms with Gasteiger partial charge in [0, 0.05) is 22.9 Å². The molecular formula is C13H12BrFO2S. The number of halogens is 2. The fraction of sp³-hybridized carbons (Fsp3) is 0.231. The van der Waals surface area contributed by atoms with E-state index in [4.69, 9.17) is 4.74 Å². The summed E-state index contributed by atoms with van der Waals surface area (Å²) in [6.45, 7) is 0. The minimum absolute atomic E-state index is 0.292. The number of methoxy groups -OCH3 is 1. The molecule has 0 saturated carbocycles. The van der Waals surface area contributed by atoms with Crippen molar-refractivity contribution in [2.45, 2.75) is 12.5 Å². The first-order chi connectivity index (χ1) is 8.60. The molecule has 2 aromatic rings. The van der Waals surface area contributed by atoms with Crippen LogP contribution in [-0.4, -0.2) is 12.2 Å². The van der Waals surface area contributed by atoms with Crippen molar-refractivity contribution in [1.82, 2.24) is 0 Å². The van der Waals surface area contributed by atoms with Gasteiger partial charge in [-0.15, -0.1) is 11.3 Å². The summed E-state index contributed by atoms with van der Waals surface area (Å²) in [4.78, 5) is 1.00. The fourth-order valence-corrected chi connectivity index (χ4v) is 3.19. The molecule has 5 heteroatoms. The van der Waals surface area contributed by atoms with E-state index in [9.17, 15) is 9.50 Å². The van der Waals surface area contributed by atoms with Crippen LogP contribution in [0.4, 0.5) is 4.39 Å². The van der Waals surface area contributed by atoms with Crippen LogP contribution in [-0.2, 0) is 6.42 Å². The van der Waals surface area contributed by atoms with Crippen molar-refractivity contribution in [2.75, 3.05) is 7.11 Å². The summed E-state index contributed by atoms with van der Waals surface area (Å²) in [5, 5.41) is 10.0. The normalized spacial score (nSPS) is 12.4. The van der Waals surface area contributed by atoms with Crippen LogP contribution in [0.25, 0.3) is 0 Å². The zero-order valence-corrected chi connectivity index (χ0v) is 12.1. The van der Waals surface area contributed by atoms with Crippen LogP contribution < -0.4 is 4.74 Å². The van der Waals surface area contributed by atoms with Crippen molar-refractivity contribution >= 4 is 27.3 Å². The van der Waals surface area contributed by atoms with E-state index >= 15 is 0 Å². The van der Waals surface area contributed by atoms with Crippen LogP contribution in [0.1, 0.15) is 16.5 Å². The van der Waals surface area contributed by atoms with E-state index in [1.165, 1.54) is 24.5 Å². The molecule has 2 nitrogen and oxygen atoms in total. The predicted molar refractivity (Wildman–Crippen MR) is 73.6 cm³/mol. The summed E-state index contributed by atoms with van der Waals surface area (Å²) in [7, 11) is 1.48. The Morgan fingerprint density at radius 3 is 2.72 bits per heavy atom. The molecule has 1 unspecified atom stereocenters. The van der Waals surface area contributed by atoms with Crippen molar-refractivity contribution in [3.8, 4) is 5.75 Å². The third-order valence-corrected chi connectivity index (χ3v) is 4.24. The number of ether oxygens (including phenoxy) is 1. The highest BCUT2D eigenvalue weighted by molar-refractivity contribution is 9.11. The molecule has 0 aliphatic rings. The monoisotopic (exact) mass is 330 g/mol. The van der Waals surface area contributed by atoms with Crippen LogP contribution in [0.5, 0.6) is 5.75 Å². The van der Waals surface area contributed by atoms with Crippen LogP contribution in [0, 0.1) is 5.82 Å². The quantitative estimate of drug-likeness (QED) is 0.920. The molecule has 0 fully saturated rings. The number of thiophene rings is 1. The highest BCUT2D eigenvalue weighted by atomic mass is 79.9. The van der Waals surface area contributed by atoms with Gasteiger partial charge in [0.1, 0.15) is 11.6 Å². The van der Waals surface area contributed by atoms with Gasteiger partial charge in [-0.3, -0.25) is 0 Å². The third kappa shape index (κ3) is 3.10. The number of hydrogen-bond acceptors (Lipinski definition) is 3. The summed E-state index contributed by atoms with van der Waals surface area (Å²) < 4.78 is 19.7. The van der Waals surface area contributed by atoms with Gasteiger partial charge in [0.15, 0.2) is 0 Å². The molecule has 0 radical (unpaired) electrons. The highest BCUT2D eigenvalue weighted by Crippen LogP contribution is 2.29. The summed E-state index contributed by atoms with van der Waals surface area (Å²) in [5.41, 5.74) is 0.292. The molecular weight excluding hydrogens is 319 g/mol. The molecule has 96 valence electrons. The maximum Gasteiger partial charge on any atom is 0.132 e. The fourth-order valence-electron chi connectivity index (χ4n) is 1.67. The molecule has 0 aliphatic heterocycles. The smallest absolute Gasteiger partial charge is 0.132 e. The van der Waals surface area contributed by atoms with Gasteiger partial charge in [-0.2, -0.15) is 0 Å². The van der Waals surface area contributed by atoms with Crippen molar-refractivity contribution in [3.63, 3.8) is 0 Å². The van der Waals surface area contributed by atoms with E-state index in [-0.39, 0.29) is 0 Å². The summed E-state index contributed by atoms with van der Waals surface area (Å²) >= 11 is 4.89. The Morgan fingerprint density at radius 2 is 2.17 bits per heavy atom. The molecule has 0 amide bonds. The van der Waals surface area contributed by atoms with E-state index in [0.29, 0.717) is 17.7 Å². The van der Waals surface area contributed by atoms with Gasteiger partial charge in [-0.05, 0) is 40.2 Å². The molecule has 1 N–H and O–H groups in total. The molecule has 0 bridgehead atoms. The minimum Gasteiger partial charge on any atom is -0.497 e. The van der Waals surface area contributed by atoms with Crippen molar-refractivity contribution in [3.05, 3.63) is 50.4 Å². The van der Waals surface area contributed by atoms with Gasteiger partial charge in [-0.1, -0.05) is 0 Å². The van der Waals surface area contributed by atoms with Gasteiger partial charge >= 0.3 is 0 Å². The van der Waals surface area contributed by atoms with Crippen LogP contribution >= 0.6 is 27.3 Å². The SMILES string of the molecule is COc1ccc(C(O)Cc2ccc(Br)s2)c(F)c1. The zero-order valence-electron chi connectivity index (χ0n) is 9.69. The number of rotatable bonds is 4. The lowest BCUT2D eigenvalue weighted by atomic mass is 10.1. The lowest BCUT2D eigenvalue weighted by Gasteiger charge is -2.11. The first-order valence-corrected chi connectivity index (χ1v) is 6.97. The zero-order chi connectivity index (χ0) is 13.1.